The first kappa shape index (κ1) is 23.5. The van der Waals surface area contributed by atoms with Gasteiger partial charge < -0.3 is 4.74 Å². The van der Waals surface area contributed by atoms with Crippen molar-refractivity contribution in [3.8, 4) is 28.1 Å². The molecule has 11 heteroatoms. The molecule has 7 nitrogen and oxygen atoms in total. The molecule has 0 fully saturated rings. The van der Waals surface area contributed by atoms with Gasteiger partial charge in [-0.25, -0.2) is 18.4 Å². The monoisotopic (exact) mass is 466 g/mol. The first-order valence-electron chi connectivity index (χ1n) is 9.49. The van der Waals surface area contributed by atoms with E-state index >= 15 is 0 Å². The number of sulfonamides is 1. The third-order valence-corrected chi connectivity index (χ3v) is 5.30. The maximum atomic E-state index is 13.4. The van der Waals surface area contributed by atoms with E-state index in [1.807, 2.05) is 6.92 Å². The Morgan fingerprint density at radius 2 is 1.84 bits per heavy atom. The molecule has 0 spiro atoms. The van der Waals surface area contributed by atoms with E-state index in [1.54, 1.807) is 13.0 Å². The van der Waals surface area contributed by atoms with Gasteiger partial charge in [0.25, 0.3) is 0 Å². The number of nitrogens with one attached hydrogen (secondary N) is 1. The first-order chi connectivity index (χ1) is 14.9. The number of rotatable bonds is 6. The maximum absolute atomic E-state index is 13.4. The van der Waals surface area contributed by atoms with Gasteiger partial charge in [0, 0.05) is 22.9 Å². The number of pyridine rings is 1. The van der Waals surface area contributed by atoms with Crippen LogP contribution in [-0.2, 0) is 22.6 Å². The molecule has 2 aromatic heterocycles. The second kappa shape index (κ2) is 8.73. The predicted octanol–water partition coefficient (Wildman–Crippen LogP) is 4.48. The van der Waals surface area contributed by atoms with Gasteiger partial charge in [-0.05, 0) is 37.6 Å². The van der Waals surface area contributed by atoms with E-state index in [4.69, 9.17) is 4.74 Å². The Bertz CT molecular complexity index is 1260. The molecule has 3 rings (SSSR count). The Kier molecular flexibility index (Phi) is 6.40. The molecule has 0 aliphatic carbocycles. The topological polar surface area (TPSA) is 94.1 Å². The van der Waals surface area contributed by atoms with Crippen molar-refractivity contribution >= 4 is 15.7 Å². The standard InChI is InChI=1S/C21H21F3N4O3S/c1-5-16-19(13-8-17(12(2)25-10-13)28-32(4,29)30)20(27-11-26-16)15-9-14(21(22,23)24)6-7-18(15)31-3/h6-11,28H,5H2,1-4H3. The van der Waals surface area contributed by atoms with Crippen molar-refractivity contribution in [2.24, 2.45) is 0 Å². The van der Waals surface area contributed by atoms with Crippen LogP contribution in [0.4, 0.5) is 18.9 Å². The van der Waals surface area contributed by atoms with Gasteiger partial charge in [-0.1, -0.05) is 6.92 Å². The number of aryl methyl sites for hydroxylation is 2. The summed E-state index contributed by atoms with van der Waals surface area (Å²) in [6, 6.07) is 4.71. The number of benzene rings is 1. The molecule has 0 aliphatic rings. The third-order valence-electron chi connectivity index (χ3n) is 4.71. The van der Waals surface area contributed by atoms with Gasteiger partial charge in [0.05, 0.1) is 41.7 Å². The van der Waals surface area contributed by atoms with Crippen LogP contribution in [0.3, 0.4) is 0 Å². The SMILES string of the molecule is CCc1ncnc(-c2cc(C(F)(F)F)ccc2OC)c1-c1cnc(C)c(NS(C)(=O)=O)c1. The van der Waals surface area contributed by atoms with Gasteiger partial charge in [-0.3, -0.25) is 9.71 Å². The average molecular weight is 466 g/mol. The number of alkyl halides is 3. The van der Waals surface area contributed by atoms with E-state index in [1.165, 1.54) is 25.7 Å². The van der Waals surface area contributed by atoms with Crippen LogP contribution in [0, 0.1) is 6.92 Å². The second-order valence-corrected chi connectivity index (χ2v) is 8.79. The average Bonchev–Trinajstić information content (AvgIpc) is 2.72. The van der Waals surface area contributed by atoms with E-state index < -0.39 is 21.8 Å². The second-order valence-electron chi connectivity index (χ2n) is 7.04. The minimum Gasteiger partial charge on any atom is -0.496 e. The molecular weight excluding hydrogens is 445 g/mol. The fraction of sp³-hybridized carbons (Fsp3) is 0.286. The minimum absolute atomic E-state index is 0.132. The number of methoxy groups -OCH3 is 1. The number of hydrogen-bond donors (Lipinski definition) is 1. The highest BCUT2D eigenvalue weighted by Crippen LogP contribution is 2.41. The minimum atomic E-state index is -4.56. The summed E-state index contributed by atoms with van der Waals surface area (Å²) >= 11 is 0. The normalized spacial score (nSPS) is 12.0. The first-order valence-corrected chi connectivity index (χ1v) is 11.4. The van der Waals surface area contributed by atoms with Gasteiger partial charge in [0.2, 0.25) is 10.0 Å². The highest BCUT2D eigenvalue weighted by Gasteiger charge is 2.32. The van der Waals surface area contributed by atoms with Crippen molar-refractivity contribution in [3.63, 3.8) is 0 Å². The lowest BCUT2D eigenvalue weighted by Gasteiger charge is -2.17. The number of aromatic nitrogens is 3. The highest BCUT2D eigenvalue weighted by atomic mass is 32.2. The van der Waals surface area contributed by atoms with Crippen molar-refractivity contribution in [2.75, 3.05) is 18.1 Å². The smallest absolute Gasteiger partial charge is 0.416 e. The van der Waals surface area contributed by atoms with Crippen LogP contribution in [0.2, 0.25) is 0 Å². The molecule has 170 valence electrons. The van der Waals surface area contributed by atoms with E-state index in [-0.39, 0.29) is 22.7 Å². The number of halogens is 3. The van der Waals surface area contributed by atoms with Gasteiger partial charge in [0.1, 0.15) is 12.1 Å². The van der Waals surface area contributed by atoms with Crippen molar-refractivity contribution in [2.45, 2.75) is 26.4 Å². The van der Waals surface area contributed by atoms with Gasteiger partial charge in [-0.2, -0.15) is 13.2 Å². The quantitative estimate of drug-likeness (QED) is 0.576. The number of hydrogen-bond acceptors (Lipinski definition) is 6. The zero-order valence-electron chi connectivity index (χ0n) is 17.8. The van der Waals surface area contributed by atoms with E-state index in [0.29, 0.717) is 28.9 Å². The molecule has 0 atom stereocenters. The van der Waals surface area contributed by atoms with E-state index in [9.17, 15) is 21.6 Å². The molecular formula is C21H21F3N4O3S. The summed E-state index contributed by atoms with van der Waals surface area (Å²) in [4.78, 5) is 12.8. The Balaban J connectivity index is 2.31. The van der Waals surface area contributed by atoms with Gasteiger partial charge in [0.15, 0.2) is 0 Å². The Hall–Kier alpha value is -3.21. The van der Waals surface area contributed by atoms with E-state index in [0.717, 1.165) is 18.4 Å². The van der Waals surface area contributed by atoms with Crippen LogP contribution in [0.15, 0.2) is 36.8 Å². The Morgan fingerprint density at radius 3 is 2.44 bits per heavy atom. The molecule has 0 aliphatic heterocycles. The van der Waals surface area contributed by atoms with Crippen molar-refractivity contribution < 1.29 is 26.3 Å². The molecule has 32 heavy (non-hydrogen) atoms. The van der Waals surface area contributed by atoms with Crippen LogP contribution < -0.4 is 9.46 Å². The molecule has 0 unspecified atom stereocenters. The molecule has 1 aromatic carbocycles. The summed E-state index contributed by atoms with van der Waals surface area (Å²) in [5, 5.41) is 0. The maximum Gasteiger partial charge on any atom is 0.416 e. The summed E-state index contributed by atoms with van der Waals surface area (Å²) in [6.45, 7) is 3.48. The largest absolute Gasteiger partial charge is 0.496 e. The summed E-state index contributed by atoms with van der Waals surface area (Å²) in [6.07, 6.45) is -0.311. The molecule has 3 aromatic rings. The third kappa shape index (κ3) is 4.98. The lowest BCUT2D eigenvalue weighted by atomic mass is 9.95. The van der Waals surface area contributed by atoms with Crippen LogP contribution in [0.1, 0.15) is 23.9 Å². The Morgan fingerprint density at radius 1 is 1.12 bits per heavy atom. The van der Waals surface area contributed by atoms with E-state index in [2.05, 4.69) is 19.7 Å². The van der Waals surface area contributed by atoms with Crippen molar-refractivity contribution in [3.05, 3.63) is 53.7 Å². The molecule has 0 amide bonds. The number of anilines is 1. The lowest BCUT2D eigenvalue weighted by Crippen LogP contribution is -2.11. The summed E-state index contributed by atoms with van der Waals surface area (Å²) in [7, 11) is -2.22. The van der Waals surface area contributed by atoms with Gasteiger partial charge >= 0.3 is 6.18 Å². The molecule has 0 radical (unpaired) electrons. The molecule has 2 heterocycles. The van der Waals surface area contributed by atoms with Crippen LogP contribution >= 0.6 is 0 Å². The zero-order chi connectivity index (χ0) is 23.7. The van der Waals surface area contributed by atoms with Crippen molar-refractivity contribution in [1.82, 2.24) is 15.0 Å². The molecule has 1 N–H and O–H groups in total. The van der Waals surface area contributed by atoms with Crippen LogP contribution in [-0.4, -0.2) is 36.7 Å². The van der Waals surface area contributed by atoms with Crippen molar-refractivity contribution in [1.29, 1.82) is 0 Å². The molecule has 0 saturated carbocycles. The molecule has 0 saturated heterocycles. The Labute approximate surface area is 183 Å². The fourth-order valence-corrected chi connectivity index (χ4v) is 3.85. The predicted molar refractivity (Wildman–Crippen MR) is 115 cm³/mol. The highest BCUT2D eigenvalue weighted by molar-refractivity contribution is 7.92. The number of ether oxygens (including phenoxy) is 1. The summed E-state index contributed by atoms with van der Waals surface area (Å²) in [5.41, 5.74) is 1.64. The number of nitrogens with zero attached hydrogens (tertiary/aromatic N) is 3. The fourth-order valence-electron chi connectivity index (χ4n) is 3.24. The summed E-state index contributed by atoms with van der Waals surface area (Å²) in [5.74, 6) is 0.203. The van der Waals surface area contributed by atoms with Crippen LogP contribution in [0.5, 0.6) is 5.75 Å². The van der Waals surface area contributed by atoms with Gasteiger partial charge in [-0.15, -0.1) is 0 Å². The lowest BCUT2D eigenvalue weighted by molar-refractivity contribution is -0.137. The molecule has 0 bridgehead atoms. The summed E-state index contributed by atoms with van der Waals surface area (Å²) < 4.78 is 71.4. The van der Waals surface area contributed by atoms with Crippen LogP contribution in [0.25, 0.3) is 22.4 Å². The zero-order valence-corrected chi connectivity index (χ0v) is 18.6.